The Morgan fingerprint density at radius 3 is 2.20 bits per heavy atom. The minimum Gasteiger partial charge on any atom is -0.444 e. The van der Waals surface area contributed by atoms with Crippen molar-refractivity contribution in [2.24, 2.45) is 0 Å². The van der Waals surface area contributed by atoms with E-state index in [0.29, 0.717) is 5.56 Å². The number of ether oxygens (including phenoxy) is 1. The number of nitrogens with zero attached hydrogens (tertiary/aromatic N) is 1. The maximum Gasteiger partial charge on any atom is 0.410 e. The highest BCUT2D eigenvalue weighted by molar-refractivity contribution is 9.10. The molecule has 0 saturated heterocycles. The SMILES string of the molecule is CCc1cc(Br)c2c(c1)[C@@H](N(C[C@@H](O[Si](C)(C)C(C)(C)C)[C@H](Cc1cc(F)cc(F)c1)NC(C)=O)C(=O)OC(C)(C)C)CCC2. The monoisotopic (exact) mass is 708 g/mol. The molecule has 0 unspecified atom stereocenters. The van der Waals surface area contributed by atoms with E-state index in [9.17, 15) is 18.4 Å². The number of hydrogen-bond donors (Lipinski definition) is 1. The summed E-state index contributed by atoms with van der Waals surface area (Å²) in [6.07, 6.45) is 2.30. The predicted octanol–water partition coefficient (Wildman–Crippen LogP) is 9.04. The summed E-state index contributed by atoms with van der Waals surface area (Å²) >= 11 is 3.79. The summed E-state index contributed by atoms with van der Waals surface area (Å²) in [7, 11) is -2.50. The van der Waals surface area contributed by atoms with Crippen LogP contribution in [-0.4, -0.2) is 49.5 Å². The molecule has 3 rings (SSSR count). The smallest absolute Gasteiger partial charge is 0.410 e. The largest absolute Gasteiger partial charge is 0.444 e. The maximum absolute atomic E-state index is 14.3. The number of nitrogens with one attached hydrogen (secondary N) is 1. The van der Waals surface area contributed by atoms with Crippen LogP contribution in [0.3, 0.4) is 0 Å². The number of fused-ring (bicyclic) bond motifs is 1. The van der Waals surface area contributed by atoms with E-state index in [1.165, 1.54) is 24.6 Å². The van der Waals surface area contributed by atoms with Gasteiger partial charge < -0.3 is 14.5 Å². The van der Waals surface area contributed by atoms with Crippen LogP contribution >= 0.6 is 15.9 Å². The summed E-state index contributed by atoms with van der Waals surface area (Å²) in [4.78, 5) is 28.5. The van der Waals surface area contributed by atoms with E-state index in [-0.39, 0.29) is 30.0 Å². The number of halogens is 3. The van der Waals surface area contributed by atoms with Gasteiger partial charge in [0.2, 0.25) is 5.91 Å². The van der Waals surface area contributed by atoms with Gasteiger partial charge in [0.25, 0.3) is 0 Å². The summed E-state index contributed by atoms with van der Waals surface area (Å²) in [5, 5.41) is 2.82. The minimum absolute atomic E-state index is 0.113. The van der Waals surface area contributed by atoms with Gasteiger partial charge in [-0.3, -0.25) is 9.69 Å². The predicted molar refractivity (Wildman–Crippen MR) is 182 cm³/mol. The fourth-order valence-electron chi connectivity index (χ4n) is 5.60. The van der Waals surface area contributed by atoms with Gasteiger partial charge in [-0.1, -0.05) is 49.7 Å². The Hall–Kier alpha value is -2.30. The standard InChI is InChI=1S/C35H51BrF2N2O4Si/c1-11-23-17-28-27(29(36)18-23)13-12-14-31(28)40(33(42)43-34(3,4)5)21-32(44-45(9,10)35(6,7)8)30(39-22(2)41)19-24-15-25(37)20-26(38)16-24/h15-18,20,30-32H,11-14,19,21H2,1-10H3,(H,39,41)/t30-,31-,32+/m0/s1. The highest BCUT2D eigenvalue weighted by atomic mass is 79.9. The lowest BCUT2D eigenvalue weighted by Crippen LogP contribution is -2.57. The third-order valence-corrected chi connectivity index (χ3v) is 14.0. The van der Waals surface area contributed by atoms with Crippen molar-refractivity contribution in [3.05, 3.63) is 68.7 Å². The summed E-state index contributed by atoms with van der Waals surface area (Å²) in [6.45, 7) is 19.8. The summed E-state index contributed by atoms with van der Waals surface area (Å²) in [5.74, 6) is -1.69. The molecule has 2 aromatic carbocycles. The Morgan fingerprint density at radius 1 is 1.04 bits per heavy atom. The van der Waals surface area contributed by atoms with Crippen molar-refractivity contribution < 1.29 is 27.5 Å². The van der Waals surface area contributed by atoms with Gasteiger partial charge in [-0.25, -0.2) is 13.6 Å². The lowest BCUT2D eigenvalue weighted by Gasteiger charge is -2.45. The van der Waals surface area contributed by atoms with Crippen molar-refractivity contribution in [2.75, 3.05) is 6.54 Å². The normalized spacial score (nSPS) is 16.9. The maximum atomic E-state index is 14.3. The van der Waals surface area contributed by atoms with Crippen LogP contribution < -0.4 is 5.32 Å². The molecule has 1 aliphatic rings. The van der Waals surface area contributed by atoms with Crippen LogP contribution in [0.4, 0.5) is 13.6 Å². The quantitative estimate of drug-likeness (QED) is 0.250. The Labute approximate surface area is 277 Å². The molecule has 0 heterocycles. The molecule has 2 aromatic rings. The molecule has 0 fully saturated rings. The highest BCUT2D eigenvalue weighted by Gasteiger charge is 2.43. The van der Waals surface area contributed by atoms with Gasteiger partial charge in [-0.2, -0.15) is 0 Å². The van der Waals surface area contributed by atoms with E-state index in [2.05, 4.69) is 74.2 Å². The number of amides is 2. The van der Waals surface area contributed by atoms with Gasteiger partial charge in [-0.05, 0) is 111 Å². The summed E-state index contributed by atoms with van der Waals surface area (Å²) in [5.41, 5.74) is 3.05. The first kappa shape index (κ1) is 37.2. The number of aryl methyl sites for hydroxylation is 1. The zero-order chi connectivity index (χ0) is 33.9. The first-order valence-corrected chi connectivity index (χ1v) is 19.6. The first-order chi connectivity index (χ1) is 20.7. The molecule has 45 heavy (non-hydrogen) atoms. The molecule has 0 spiro atoms. The summed E-state index contributed by atoms with van der Waals surface area (Å²) < 4.78 is 42.7. The Bertz CT molecular complexity index is 1350. The van der Waals surface area contributed by atoms with Crippen LogP contribution in [0.25, 0.3) is 0 Å². The molecule has 250 valence electrons. The van der Waals surface area contributed by atoms with Crippen molar-refractivity contribution in [3.8, 4) is 0 Å². The third-order valence-electron chi connectivity index (χ3n) is 8.81. The average molecular weight is 710 g/mol. The first-order valence-electron chi connectivity index (χ1n) is 15.9. The number of rotatable bonds is 10. The number of hydrogen-bond acceptors (Lipinski definition) is 4. The fraction of sp³-hybridized carbons (Fsp3) is 0.600. The molecule has 6 nitrogen and oxygen atoms in total. The van der Waals surface area contributed by atoms with Crippen molar-refractivity contribution >= 4 is 36.2 Å². The molecule has 0 saturated carbocycles. The van der Waals surface area contributed by atoms with Crippen LogP contribution in [0.2, 0.25) is 18.1 Å². The molecule has 2 amide bonds. The van der Waals surface area contributed by atoms with E-state index >= 15 is 0 Å². The van der Waals surface area contributed by atoms with E-state index in [4.69, 9.17) is 9.16 Å². The molecule has 0 bridgehead atoms. The molecule has 10 heteroatoms. The van der Waals surface area contributed by atoms with Gasteiger partial charge in [0.15, 0.2) is 8.32 Å². The fourth-order valence-corrected chi connectivity index (χ4v) is 7.67. The molecular formula is C35H51BrF2N2O4Si. The van der Waals surface area contributed by atoms with Crippen LogP contribution in [0.1, 0.15) is 96.5 Å². The van der Waals surface area contributed by atoms with Crippen molar-refractivity contribution in [2.45, 2.75) is 129 Å². The molecule has 3 atom stereocenters. The van der Waals surface area contributed by atoms with Crippen LogP contribution in [0.15, 0.2) is 34.8 Å². The third kappa shape index (κ3) is 10.1. The van der Waals surface area contributed by atoms with Gasteiger partial charge in [0.1, 0.15) is 17.2 Å². The van der Waals surface area contributed by atoms with E-state index in [0.717, 1.165) is 47.3 Å². The Morgan fingerprint density at radius 2 is 1.67 bits per heavy atom. The van der Waals surface area contributed by atoms with Crippen LogP contribution in [0.5, 0.6) is 0 Å². The highest BCUT2D eigenvalue weighted by Crippen LogP contribution is 2.41. The lowest BCUT2D eigenvalue weighted by molar-refractivity contribution is -0.120. The average Bonchev–Trinajstić information content (AvgIpc) is 2.87. The van der Waals surface area contributed by atoms with E-state index in [1.807, 2.05) is 20.8 Å². The molecule has 1 N–H and O–H groups in total. The zero-order valence-electron chi connectivity index (χ0n) is 28.6. The number of benzene rings is 2. The van der Waals surface area contributed by atoms with Gasteiger partial charge in [0.05, 0.1) is 24.7 Å². The van der Waals surface area contributed by atoms with Gasteiger partial charge in [0, 0.05) is 17.5 Å². The van der Waals surface area contributed by atoms with Crippen molar-refractivity contribution in [1.82, 2.24) is 10.2 Å². The topological polar surface area (TPSA) is 67.9 Å². The van der Waals surface area contributed by atoms with Crippen LogP contribution in [0, 0.1) is 11.6 Å². The second-order valence-electron chi connectivity index (χ2n) is 14.7. The number of carbonyl (C=O) groups excluding carboxylic acids is 2. The van der Waals surface area contributed by atoms with Crippen LogP contribution in [-0.2, 0) is 33.2 Å². The van der Waals surface area contributed by atoms with E-state index in [1.54, 1.807) is 4.90 Å². The second-order valence-corrected chi connectivity index (χ2v) is 20.4. The van der Waals surface area contributed by atoms with Gasteiger partial charge in [-0.15, -0.1) is 0 Å². The second kappa shape index (κ2) is 14.6. The molecule has 0 aliphatic heterocycles. The van der Waals surface area contributed by atoms with Gasteiger partial charge >= 0.3 is 6.09 Å². The molecule has 1 aliphatic carbocycles. The minimum atomic E-state index is -2.50. The molecule has 0 aromatic heterocycles. The van der Waals surface area contributed by atoms with E-state index < -0.39 is 43.8 Å². The van der Waals surface area contributed by atoms with Crippen molar-refractivity contribution in [1.29, 1.82) is 0 Å². The molecule has 0 radical (unpaired) electrons. The lowest BCUT2D eigenvalue weighted by atomic mass is 9.85. The summed E-state index contributed by atoms with van der Waals surface area (Å²) in [6, 6.07) is 6.73. The Balaban J connectivity index is 2.19. The zero-order valence-corrected chi connectivity index (χ0v) is 31.2. The Kier molecular flexibility index (Phi) is 12.1. The molecular weight excluding hydrogens is 658 g/mol. The van der Waals surface area contributed by atoms with Crippen molar-refractivity contribution in [3.63, 3.8) is 0 Å². The number of carbonyl (C=O) groups is 2.